The fourth-order valence-corrected chi connectivity index (χ4v) is 1.29. The molecule has 1 rings (SSSR count). The summed E-state index contributed by atoms with van der Waals surface area (Å²) in [6, 6.07) is 5.88. The average molecular weight is 237 g/mol. The third kappa shape index (κ3) is 3.53. The molecule has 0 saturated heterocycles. The van der Waals surface area contributed by atoms with Crippen LogP contribution in [-0.4, -0.2) is 31.0 Å². The van der Waals surface area contributed by atoms with E-state index in [1.807, 2.05) is 6.92 Å². The Morgan fingerprint density at radius 2 is 2.00 bits per heavy atom. The number of hydrogen-bond acceptors (Lipinski definition) is 4. The van der Waals surface area contributed by atoms with Crippen molar-refractivity contribution in [2.75, 3.05) is 25.0 Å². The molecule has 0 heterocycles. The molecular formula is C11H15N3O3. The lowest BCUT2D eigenvalue weighted by Crippen LogP contribution is -2.35. The maximum atomic E-state index is 11.7. The molecule has 0 aromatic heterocycles. The predicted octanol–water partition coefficient (Wildman–Crippen LogP) is 1.17. The lowest BCUT2D eigenvalue weighted by atomic mass is 10.2. The minimum Gasteiger partial charge on any atom is -0.314 e. The summed E-state index contributed by atoms with van der Waals surface area (Å²) in [5.74, 6) is -0.0827. The SMILES string of the molecule is CCNCC(=O)N(C)c1ccc([N+](=O)[O-])cc1. The maximum absolute atomic E-state index is 11.7. The van der Waals surface area contributed by atoms with E-state index in [0.717, 1.165) is 6.54 Å². The molecule has 1 aromatic rings. The van der Waals surface area contributed by atoms with E-state index >= 15 is 0 Å². The number of nitrogens with zero attached hydrogens (tertiary/aromatic N) is 2. The molecule has 1 amide bonds. The second-order valence-electron chi connectivity index (χ2n) is 3.51. The molecule has 0 bridgehead atoms. The third-order valence-electron chi connectivity index (χ3n) is 2.35. The number of nitro groups is 1. The maximum Gasteiger partial charge on any atom is 0.269 e. The Labute approximate surface area is 99.4 Å². The zero-order chi connectivity index (χ0) is 12.8. The quantitative estimate of drug-likeness (QED) is 0.616. The van der Waals surface area contributed by atoms with E-state index in [1.54, 1.807) is 19.2 Å². The zero-order valence-electron chi connectivity index (χ0n) is 9.84. The van der Waals surface area contributed by atoms with E-state index in [4.69, 9.17) is 0 Å². The van der Waals surface area contributed by atoms with Gasteiger partial charge in [0.25, 0.3) is 5.69 Å². The van der Waals surface area contributed by atoms with Crippen molar-refractivity contribution in [2.45, 2.75) is 6.92 Å². The van der Waals surface area contributed by atoms with E-state index < -0.39 is 4.92 Å². The standard InChI is InChI=1S/C11H15N3O3/c1-3-12-8-11(15)13(2)9-4-6-10(7-5-9)14(16)17/h4-7,12H,3,8H2,1-2H3. The molecule has 0 aliphatic rings. The normalized spacial score (nSPS) is 10.0. The van der Waals surface area contributed by atoms with Crippen molar-refractivity contribution in [3.8, 4) is 0 Å². The molecular weight excluding hydrogens is 222 g/mol. The van der Waals surface area contributed by atoms with Crippen LogP contribution in [0.15, 0.2) is 24.3 Å². The number of nitrogens with one attached hydrogen (secondary N) is 1. The molecule has 0 aliphatic heterocycles. The van der Waals surface area contributed by atoms with Crippen molar-refractivity contribution < 1.29 is 9.72 Å². The Balaban J connectivity index is 2.72. The number of hydrogen-bond donors (Lipinski definition) is 1. The summed E-state index contributed by atoms with van der Waals surface area (Å²) in [5.41, 5.74) is 0.653. The first-order valence-corrected chi connectivity index (χ1v) is 5.28. The van der Waals surface area contributed by atoms with Crippen molar-refractivity contribution in [1.29, 1.82) is 0 Å². The van der Waals surface area contributed by atoms with Crippen LogP contribution in [0.1, 0.15) is 6.92 Å². The summed E-state index contributed by atoms with van der Waals surface area (Å²) in [6.07, 6.45) is 0. The van der Waals surface area contributed by atoms with Gasteiger partial charge in [-0.1, -0.05) is 6.92 Å². The summed E-state index contributed by atoms with van der Waals surface area (Å²) < 4.78 is 0. The van der Waals surface area contributed by atoms with E-state index in [2.05, 4.69) is 5.32 Å². The Kier molecular flexibility index (Phi) is 4.59. The van der Waals surface area contributed by atoms with E-state index in [9.17, 15) is 14.9 Å². The van der Waals surface area contributed by atoms with Gasteiger partial charge >= 0.3 is 0 Å². The molecule has 6 heteroatoms. The van der Waals surface area contributed by atoms with Crippen LogP contribution in [0, 0.1) is 10.1 Å². The zero-order valence-corrected chi connectivity index (χ0v) is 9.84. The van der Waals surface area contributed by atoms with E-state index in [1.165, 1.54) is 17.0 Å². The highest BCUT2D eigenvalue weighted by Crippen LogP contribution is 2.18. The van der Waals surface area contributed by atoms with Crippen molar-refractivity contribution in [3.05, 3.63) is 34.4 Å². The van der Waals surface area contributed by atoms with Crippen LogP contribution in [-0.2, 0) is 4.79 Å². The van der Waals surface area contributed by atoms with Gasteiger partial charge in [0.15, 0.2) is 0 Å². The van der Waals surface area contributed by atoms with Gasteiger partial charge in [-0.05, 0) is 18.7 Å². The number of anilines is 1. The van der Waals surface area contributed by atoms with Gasteiger partial charge in [0, 0.05) is 24.9 Å². The lowest BCUT2D eigenvalue weighted by molar-refractivity contribution is -0.384. The van der Waals surface area contributed by atoms with Crippen LogP contribution in [0.4, 0.5) is 11.4 Å². The fourth-order valence-electron chi connectivity index (χ4n) is 1.29. The summed E-state index contributed by atoms with van der Waals surface area (Å²) in [4.78, 5) is 23.1. The fraction of sp³-hybridized carbons (Fsp3) is 0.364. The Morgan fingerprint density at radius 1 is 1.41 bits per heavy atom. The third-order valence-corrected chi connectivity index (χ3v) is 2.35. The Bertz CT molecular complexity index is 403. The molecule has 92 valence electrons. The molecule has 0 aliphatic carbocycles. The lowest BCUT2D eigenvalue weighted by Gasteiger charge is -2.17. The summed E-state index contributed by atoms with van der Waals surface area (Å²) in [6.45, 7) is 2.89. The first-order valence-electron chi connectivity index (χ1n) is 5.28. The Hall–Kier alpha value is -1.95. The molecule has 1 aromatic carbocycles. The summed E-state index contributed by atoms with van der Waals surface area (Å²) in [7, 11) is 1.64. The van der Waals surface area contributed by atoms with Gasteiger partial charge in [0.2, 0.25) is 5.91 Å². The molecule has 0 atom stereocenters. The average Bonchev–Trinajstić information content (AvgIpc) is 2.35. The van der Waals surface area contributed by atoms with Crippen molar-refractivity contribution in [1.82, 2.24) is 5.32 Å². The highest BCUT2D eigenvalue weighted by atomic mass is 16.6. The van der Waals surface area contributed by atoms with Gasteiger partial charge in [-0.15, -0.1) is 0 Å². The van der Waals surface area contributed by atoms with Gasteiger partial charge in [0.05, 0.1) is 11.5 Å². The summed E-state index contributed by atoms with van der Waals surface area (Å²) >= 11 is 0. The number of carbonyl (C=O) groups excluding carboxylic acids is 1. The van der Waals surface area contributed by atoms with Crippen LogP contribution in [0.3, 0.4) is 0 Å². The second-order valence-corrected chi connectivity index (χ2v) is 3.51. The van der Waals surface area contributed by atoms with Crippen LogP contribution >= 0.6 is 0 Å². The van der Waals surface area contributed by atoms with Crippen molar-refractivity contribution >= 4 is 17.3 Å². The minimum absolute atomic E-state index is 0.0151. The number of nitro benzene ring substituents is 1. The first kappa shape index (κ1) is 13.1. The van der Waals surface area contributed by atoms with E-state index in [-0.39, 0.29) is 18.1 Å². The van der Waals surface area contributed by atoms with Crippen molar-refractivity contribution in [2.24, 2.45) is 0 Å². The van der Waals surface area contributed by atoms with Gasteiger partial charge in [-0.2, -0.15) is 0 Å². The van der Waals surface area contributed by atoms with Crippen LogP contribution < -0.4 is 10.2 Å². The highest BCUT2D eigenvalue weighted by molar-refractivity contribution is 5.94. The smallest absolute Gasteiger partial charge is 0.269 e. The number of amides is 1. The topological polar surface area (TPSA) is 75.5 Å². The second kappa shape index (κ2) is 5.95. The van der Waals surface area contributed by atoms with Crippen LogP contribution in [0.25, 0.3) is 0 Å². The monoisotopic (exact) mass is 237 g/mol. The number of rotatable bonds is 5. The number of carbonyl (C=O) groups is 1. The number of benzene rings is 1. The molecule has 0 saturated carbocycles. The molecule has 0 radical (unpaired) electrons. The largest absolute Gasteiger partial charge is 0.314 e. The molecule has 17 heavy (non-hydrogen) atoms. The molecule has 0 unspecified atom stereocenters. The van der Waals surface area contributed by atoms with Gasteiger partial charge in [0.1, 0.15) is 0 Å². The van der Waals surface area contributed by atoms with Gasteiger partial charge in [-0.25, -0.2) is 0 Å². The van der Waals surface area contributed by atoms with Crippen molar-refractivity contribution in [3.63, 3.8) is 0 Å². The Morgan fingerprint density at radius 3 is 2.47 bits per heavy atom. The predicted molar refractivity (Wildman–Crippen MR) is 65.1 cm³/mol. The van der Waals surface area contributed by atoms with Crippen LogP contribution in [0.2, 0.25) is 0 Å². The van der Waals surface area contributed by atoms with Gasteiger partial charge < -0.3 is 10.2 Å². The molecule has 1 N–H and O–H groups in total. The minimum atomic E-state index is -0.468. The van der Waals surface area contributed by atoms with Gasteiger partial charge in [-0.3, -0.25) is 14.9 Å². The molecule has 6 nitrogen and oxygen atoms in total. The number of non-ortho nitro benzene ring substituents is 1. The summed E-state index contributed by atoms with van der Waals surface area (Å²) in [5, 5.41) is 13.4. The number of likely N-dealkylation sites (N-methyl/N-ethyl adjacent to an activating group) is 2. The molecule has 0 spiro atoms. The highest BCUT2D eigenvalue weighted by Gasteiger charge is 2.11. The van der Waals surface area contributed by atoms with Crippen LogP contribution in [0.5, 0.6) is 0 Å². The first-order chi connectivity index (χ1) is 8.06. The molecule has 0 fully saturated rings. The van der Waals surface area contributed by atoms with E-state index in [0.29, 0.717) is 5.69 Å².